The maximum absolute atomic E-state index is 11.9. The summed E-state index contributed by atoms with van der Waals surface area (Å²) in [6.45, 7) is 2.04. The van der Waals surface area contributed by atoms with E-state index in [4.69, 9.17) is 5.73 Å². The molecular formula is C16H21N3O2. The van der Waals surface area contributed by atoms with Gasteiger partial charge in [-0.2, -0.15) is 0 Å². The van der Waals surface area contributed by atoms with E-state index in [1.54, 1.807) is 30.5 Å². The van der Waals surface area contributed by atoms with Crippen molar-refractivity contribution in [1.29, 1.82) is 0 Å². The Morgan fingerprint density at radius 3 is 2.57 bits per heavy atom. The molecule has 0 heterocycles. The molecule has 1 aliphatic rings. The maximum Gasteiger partial charge on any atom is 0.323 e. The lowest BCUT2D eigenvalue weighted by Crippen LogP contribution is -2.26. The number of hydrogen-bond acceptors (Lipinski definition) is 2. The van der Waals surface area contributed by atoms with E-state index in [0.29, 0.717) is 17.2 Å². The third-order valence-corrected chi connectivity index (χ3v) is 3.87. The van der Waals surface area contributed by atoms with Gasteiger partial charge in [-0.1, -0.05) is 30.5 Å². The van der Waals surface area contributed by atoms with Crippen molar-refractivity contribution >= 4 is 17.6 Å². The normalized spacial score (nSPS) is 15.8. The van der Waals surface area contributed by atoms with Gasteiger partial charge < -0.3 is 16.4 Å². The Kier molecular flexibility index (Phi) is 4.98. The number of benzene rings is 1. The van der Waals surface area contributed by atoms with E-state index >= 15 is 0 Å². The molecule has 1 aromatic rings. The zero-order chi connectivity index (χ0) is 15.2. The van der Waals surface area contributed by atoms with Gasteiger partial charge in [0.05, 0.1) is 11.3 Å². The predicted molar refractivity (Wildman–Crippen MR) is 82.8 cm³/mol. The first kappa shape index (κ1) is 15.1. The number of nitrogens with one attached hydrogen (secondary N) is 2. The molecule has 0 atom stereocenters. The third kappa shape index (κ3) is 4.08. The molecule has 1 aliphatic carbocycles. The number of carbonyl (C=O) groups excluding carboxylic acids is 2. The highest BCUT2D eigenvalue weighted by molar-refractivity contribution is 6.02. The molecule has 4 N–H and O–H groups in total. The molecule has 5 nitrogen and oxygen atoms in total. The van der Waals surface area contributed by atoms with Crippen LogP contribution in [0.1, 0.15) is 43.0 Å². The second kappa shape index (κ2) is 6.92. The molecule has 0 aliphatic heterocycles. The van der Waals surface area contributed by atoms with Gasteiger partial charge in [-0.3, -0.25) is 4.79 Å². The number of primary amides is 1. The maximum atomic E-state index is 11.9. The quantitative estimate of drug-likeness (QED) is 0.795. The minimum atomic E-state index is -0.566. The molecule has 112 valence electrons. The van der Waals surface area contributed by atoms with Crippen molar-refractivity contribution in [2.45, 2.75) is 32.6 Å². The molecular weight excluding hydrogens is 266 g/mol. The van der Waals surface area contributed by atoms with Crippen molar-refractivity contribution in [3.8, 4) is 0 Å². The summed E-state index contributed by atoms with van der Waals surface area (Å²) < 4.78 is 0. The van der Waals surface area contributed by atoms with E-state index in [9.17, 15) is 9.59 Å². The Morgan fingerprint density at radius 2 is 1.90 bits per heavy atom. The Morgan fingerprint density at radius 1 is 1.24 bits per heavy atom. The minimum absolute atomic E-state index is 0.296. The van der Waals surface area contributed by atoms with Gasteiger partial charge in [-0.05, 0) is 37.8 Å². The standard InChI is InChI=1S/C16H21N3O2/c1-11(12-6-2-3-7-12)10-18-16(21)19-14-9-5-4-8-13(14)15(17)20/h4-5,8-10,12H,2-3,6-7H2,1H3,(H2,17,20)(H2,18,19,21)/b11-10+. The zero-order valence-corrected chi connectivity index (χ0v) is 12.2. The molecule has 0 radical (unpaired) electrons. The highest BCUT2D eigenvalue weighted by Crippen LogP contribution is 2.30. The molecule has 1 fully saturated rings. The number of allylic oxidation sites excluding steroid dienone is 1. The van der Waals surface area contributed by atoms with Gasteiger partial charge in [0.2, 0.25) is 0 Å². The lowest BCUT2D eigenvalue weighted by atomic mass is 10.0. The van der Waals surface area contributed by atoms with E-state index in [-0.39, 0.29) is 6.03 Å². The minimum Gasteiger partial charge on any atom is -0.366 e. The molecule has 21 heavy (non-hydrogen) atoms. The molecule has 1 aromatic carbocycles. The van der Waals surface area contributed by atoms with Gasteiger partial charge in [-0.15, -0.1) is 0 Å². The number of anilines is 1. The van der Waals surface area contributed by atoms with Gasteiger partial charge in [0.25, 0.3) is 5.91 Å². The molecule has 0 spiro atoms. The SMILES string of the molecule is C/C(=C\NC(=O)Nc1ccccc1C(N)=O)C1CCCC1. The zero-order valence-electron chi connectivity index (χ0n) is 12.2. The summed E-state index contributed by atoms with van der Waals surface area (Å²) in [5, 5.41) is 5.35. The lowest BCUT2D eigenvalue weighted by Gasteiger charge is -2.11. The van der Waals surface area contributed by atoms with Crippen molar-refractivity contribution in [3.05, 3.63) is 41.6 Å². The smallest absolute Gasteiger partial charge is 0.323 e. The summed E-state index contributed by atoms with van der Waals surface area (Å²) >= 11 is 0. The van der Waals surface area contributed by atoms with E-state index in [1.807, 2.05) is 6.92 Å². The largest absolute Gasteiger partial charge is 0.366 e. The summed E-state index contributed by atoms with van der Waals surface area (Å²) in [5.41, 5.74) is 7.17. The van der Waals surface area contributed by atoms with E-state index < -0.39 is 5.91 Å². The van der Waals surface area contributed by atoms with Crippen LogP contribution in [0.15, 0.2) is 36.0 Å². The fourth-order valence-electron chi connectivity index (χ4n) is 2.64. The van der Waals surface area contributed by atoms with Crippen LogP contribution in [0.25, 0.3) is 0 Å². The summed E-state index contributed by atoms with van der Waals surface area (Å²) in [5.74, 6) is 0.00628. The van der Waals surface area contributed by atoms with Crippen molar-refractivity contribution in [2.75, 3.05) is 5.32 Å². The number of amides is 3. The second-order valence-electron chi connectivity index (χ2n) is 5.38. The van der Waals surface area contributed by atoms with Gasteiger partial charge >= 0.3 is 6.03 Å². The molecule has 0 unspecified atom stereocenters. The number of urea groups is 1. The average Bonchev–Trinajstić information content (AvgIpc) is 2.99. The van der Waals surface area contributed by atoms with E-state index in [1.165, 1.54) is 31.3 Å². The highest BCUT2D eigenvalue weighted by atomic mass is 16.2. The first-order chi connectivity index (χ1) is 10.1. The number of rotatable bonds is 4. The Bertz CT molecular complexity index is 560. The topological polar surface area (TPSA) is 84.2 Å². The fourth-order valence-corrected chi connectivity index (χ4v) is 2.64. The van der Waals surface area contributed by atoms with Crippen LogP contribution < -0.4 is 16.4 Å². The number of hydrogen-bond donors (Lipinski definition) is 3. The van der Waals surface area contributed by atoms with Crippen molar-refractivity contribution in [1.82, 2.24) is 5.32 Å². The Labute approximate surface area is 124 Å². The van der Waals surface area contributed by atoms with E-state index in [2.05, 4.69) is 10.6 Å². The molecule has 0 aromatic heterocycles. The fraction of sp³-hybridized carbons (Fsp3) is 0.375. The van der Waals surface area contributed by atoms with Crippen LogP contribution in [0.2, 0.25) is 0 Å². The number of nitrogens with two attached hydrogens (primary N) is 1. The van der Waals surface area contributed by atoms with Gasteiger partial charge in [-0.25, -0.2) is 4.79 Å². The number of carbonyl (C=O) groups is 2. The molecule has 1 saturated carbocycles. The van der Waals surface area contributed by atoms with Crippen molar-refractivity contribution in [3.63, 3.8) is 0 Å². The second-order valence-corrected chi connectivity index (χ2v) is 5.38. The van der Waals surface area contributed by atoms with Crippen molar-refractivity contribution in [2.24, 2.45) is 11.7 Å². The van der Waals surface area contributed by atoms with Crippen molar-refractivity contribution < 1.29 is 9.59 Å². The van der Waals surface area contributed by atoms with Crippen LogP contribution in [0, 0.1) is 5.92 Å². The first-order valence-electron chi connectivity index (χ1n) is 7.21. The average molecular weight is 287 g/mol. The number of para-hydroxylation sites is 1. The first-order valence-corrected chi connectivity index (χ1v) is 7.21. The van der Waals surface area contributed by atoms with Crippen LogP contribution in [0.3, 0.4) is 0 Å². The lowest BCUT2D eigenvalue weighted by molar-refractivity contribution is 0.100. The molecule has 5 heteroatoms. The van der Waals surface area contributed by atoms with Gasteiger partial charge in [0.15, 0.2) is 0 Å². The van der Waals surface area contributed by atoms with Crippen LogP contribution in [0.4, 0.5) is 10.5 Å². The van der Waals surface area contributed by atoms with Crippen LogP contribution in [0.5, 0.6) is 0 Å². The van der Waals surface area contributed by atoms with Crippen LogP contribution >= 0.6 is 0 Å². The van der Waals surface area contributed by atoms with E-state index in [0.717, 1.165) is 0 Å². The van der Waals surface area contributed by atoms with Crippen LogP contribution in [-0.4, -0.2) is 11.9 Å². The summed E-state index contributed by atoms with van der Waals surface area (Å²) in [7, 11) is 0. The van der Waals surface area contributed by atoms with Crippen LogP contribution in [-0.2, 0) is 0 Å². The van der Waals surface area contributed by atoms with Gasteiger partial charge in [0, 0.05) is 6.20 Å². The summed E-state index contributed by atoms with van der Waals surface area (Å²) in [4.78, 5) is 23.2. The summed E-state index contributed by atoms with van der Waals surface area (Å²) in [6, 6.07) is 6.29. The summed E-state index contributed by atoms with van der Waals surface area (Å²) in [6.07, 6.45) is 6.65. The monoisotopic (exact) mass is 287 g/mol. The molecule has 0 bridgehead atoms. The van der Waals surface area contributed by atoms with Gasteiger partial charge in [0.1, 0.15) is 0 Å². The predicted octanol–water partition coefficient (Wildman–Crippen LogP) is 3.00. The third-order valence-electron chi connectivity index (χ3n) is 3.87. The highest BCUT2D eigenvalue weighted by Gasteiger charge is 2.16. The Balaban J connectivity index is 1.96. The molecule has 2 rings (SSSR count). The molecule has 3 amide bonds. The molecule has 0 saturated heterocycles. The Hall–Kier alpha value is -2.30.